The lowest BCUT2D eigenvalue weighted by atomic mass is 9.97. The summed E-state index contributed by atoms with van der Waals surface area (Å²) in [5.74, 6) is -0.330. The molecule has 0 aromatic heterocycles. The van der Waals surface area contributed by atoms with Gasteiger partial charge in [0.1, 0.15) is 0 Å². The molecule has 1 aromatic carbocycles. The Hall–Kier alpha value is -1.26. The van der Waals surface area contributed by atoms with Crippen LogP contribution in [0.1, 0.15) is 22.7 Å². The van der Waals surface area contributed by atoms with E-state index in [0.29, 0.717) is 11.1 Å². The lowest BCUT2D eigenvalue weighted by molar-refractivity contribution is 0.267. The number of aliphatic hydroxyl groups excluding tert-OH is 1. The minimum Gasteiger partial charge on any atom is -0.504 e. The first-order valence-corrected chi connectivity index (χ1v) is 4.37. The van der Waals surface area contributed by atoms with Crippen LogP contribution in [0.5, 0.6) is 11.5 Å². The summed E-state index contributed by atoms with van der Waals surface area (Å²) < 4.78 is 0. The van der Waals surface area contributed by atoms with Gasteiger partial charge in [0.15, 0.2) is 11.5 Å². The Morgan fingerprint density at radius 3 is 2.36 bits per heavy atom. The van der Waals surface area contributed by atoms with Crippen LogP contribution in [0.4, 0.5) is 0 Å². The molecule has 5 N–H and O–H groups in total. The van der Waals surface area contributed by atoms with Crippen LogP contribution in [0.3, 0.4) is 0 Å². The minimum absolute atomic E-state index is 0.128. The number of aliphatic hydroxyl groups is 1. The van der Waals surface area contributed by atoms with Gasteiger partial charge in [0.2, 0.25) is 0 Å². The maximum atomic E-state index is 9.41. The highest BCUT2D eigenvalue weighted by molar-refractivity contribution is 5.52. The Labute approximate surface area is 82.6 Å². The Kier molecular flexibility index (Phi) is 2.98. The predicted molar refractivity (Wildman–Crippen MR) is 53.3 cm³/mol. The predicted octanol–water partition coefficient (Wildman–Crippen LogP) is 0.707. The zero-order valence-corrected chi connectivity index (χ0v) is 8.28. The number of phenols is 2. The van der Waals surface area contributed by atoms with Gasteiger partial charge >= 0.3 is 0 Å². The monoisotopic (exact) mass is 197 g/mol. The van der Waals surface area contributed by atoms with E-state index in [9.17, 15) is 10.2 Å². The summed E-state index contributed by atoms with van der Waals surface area (Å²) in [6.45, 7) is 3.29. The van der Waals surface area contributed by atoms with Crippen LogP contribution in [0, 0.1) is 13.8 Å². The maximum absolute atomic E-state index is 9.41. The molecule has 4 heteroatoms. The molecule has 0 amide bonds. The fourth-order valence-corrected chi connectivity index (χ4v) is 1.39. The van der Waals surface area contributed by atoms with Gasteiger partial charge < -0.3 is 21.1 Å². The van der Waals surface area contributed by atoms with Crippen LogP contribution in [-0.2, 0) is 0 Å². The molecule has 0 spiro atoms. The van der Waals surface area contributed by atoms with Crippen molar-refractivity contribution in [1.82, 2.24) is 0 Å². The summed E-state index contributed by atoms with van der Waals surface area (Å²) in [6, 6.07) is 0.860. The van der Waals surface area contributed by atoms with Gasteiger partial charge in [-0.15, -0.1) is 0 Å². The average Bonchev–Trinajstić information content (AvgIpc) is 2.19. The maximum Gasteiger partial charge on any atom is 0.160 e. The van der Waals surface area contributed by atoms with Crippen LogP contribution < -0.4 is 5.73 Å². The normalized spacial score (nSPS) is 12.9. The molecule has 14 heavy (non-hydrogen) atoms. The number of benzene rings is 1. The number of hydrogen-bond donors (Lipinski definition) is 4. The quantitative estimate of drug-likeness (QED) is 0.526. The number of nitrogens with two attached hydrogens (primary N) is 1. The van der Waals surface area contributed by atoms with Crippen molar-refractivity contribution < 1.29 is 15.3 Å². The SMILES string of the molecule is Cc1c(C(N)CO)cc(O)c(O)c1C. The fourth-order valence-electron chi connectivity index (χ4n) is 1.39. The first-order valence-electron chi connectivity index (χ1n) is 4.37. The van der Waals surface area contributed by atoms with E-state index >= 15 is 0 Å². The van der Waals surface area contributed by atoms with E-state index in [1.54, 1.807) is 13.8 Å². The summed E-state index contributed by atoms with van der Waals surface area (Å²) in [4.78, 5) is 0. The zero-order valence-electron chi connectivity index (χ0n) is 8.28. The van der Waals surface area contributed by atoms with Crippen molar-refractivity contribution in [2.24, 2.45) is 5.73 Å². The Bertz CT molecular complexity index is 350. The number of phenolic OH excluding ortho intramolecular Hbond substituents is 2. The van der Waals surface area contributed by atoms with Gasteiger partial charge in [-0.1, -0.05) is 0 Å². The second-order valence-electron chi connectivity index (χ2n) is 3.37. The summed E-state index contributed by atoms with van der Waals surface area (Å²) in [6.07, 6.45) is 0. The van der Waals surface area contributed by atoms with E-state index in [-0.39, 0.29) is 18.1 Å². The Morgan fingerprint density at radius 2 is 1.86 bits per heavy atom. The third kappa shape index (κ3) is 1.66. The van der Waals surface area contributed by atoms with Crippen molar-refractivity contribution >= 4 is 0 Å². The first-order chi connectivity index (χ1) is 6.49. The standard InChI is InChI=1S/C10H15NO3/c1-5-6(2)10(14)9(13)3-7(5)8(11)4-12/h3,8,12-14H,4,11H2,1-2H3. The van der Waals surface area contributed by atoms with Crippen LogP contribution in [-0.4, -0.2) is 21.9 Å². The van der Waals surface area contributed by atoms with Crippen molar-refractivity contribution in [3.05, 3.63) is 22.8 Å². The molecular weight excluding hydrogens is 182 g/mol. The van der Waals surface area contributed by atoms with Crippen molar-refractivity contribution in [2.75, 3.05) is 6.61 Å². The topological polar surface area (TPSA) is 86.7 Å². The zero-order chi connectivity index (χ0) is 10.9. The average molecular weight is 197 g/mol. The van der Waals surface area contributed by atoms with Crippen molar-refractivity contribution in [1.29, 1.82) is 0 Å². The van der Waals surface area contributed by atoms with Crippen LogP contribution in [0.2, 0.25) is 0 Å². The highest BCUT2D eigenvalue weighted by Crippen LogP contribution is 2.34. The molecule has 78 valence electrons. The molecule has 0 radical (unpaired) electrons. The number of aromatic hydroxyl groups is 2. The van der Waals surface area contributed by atoms with Gasteiger partial charge in [0, 0.05) is 0 Å². The van der Waals surface area contributed by atoms with Gasteiger partial charge in [-0.05, 0) is 36.6 Å². The largest absolute Gasteiger partial charge is 0.504 e. The van der Waals surface area contributed by atoms with E-state index in [2.05, 4.69) is 0 Å². The molecule has 0 aliphatic heterocycles. The summed E-state index contributed by atoms with van der Waals surface area (Å²) in [5, 5.41) is 27.7. The van der Waals surface area contributed by atoms with Crippen LogP contribution >= 0.6 is 0 Å². The Morgan fingerprint density at radius 1 is 1.29 bits per heavy atom. The van der Waals surface area contributed by atoms with Gasteiger partial charge in [-0.2, -0.15) is 0 Å². The number of rotatable bonds is 2. The first kappa shape index (κ1) is 10.8. The lowest BCUT2D eigenvalue weighted by Crippen LogP contribution is -2.16. The molecule has 0 bridgehead atoms. The van der Waals surface area contributed by atoms with Crippen molar-refractivity contribution in [2.45, 2.75) is 19.9 Å². The smallest absolute Gasteiger partial charge is 0.160 e. The van der Waals surface area contributed by atoms with Crippen molar-refractivity contribution in [3.8, 4) is 11.5 Å². The molecule has 0 aliphatic carbocycles. The van der Waals surface area contributed by atoms with E-state index in [0.717, 1.165) is 5.56 Å². The van der Waals surface area contributed by atoms with E-state index in [4.69, 9.17) is 10.8 Å². The van der Waals surface area contributed by atoms with Gasteiger partial charge in [-0.3, -0.25) is 0 Å². The van der Waals surface area contributed by atoms with Gasteiger partial charge in [0.05, 0.1) is 12.6 Å². The second-order valence-corrected chi connectivity index (χ2v) is 3.37. The molecule has 0 fully saturated rings. The molecule has 0 heterocycles. The lowest BCUT2D eigenvalue weighted by Gasteiger charge is -2.15. The summed E-state index contributed by atoms with van der Waals surface area (Å²) >= 11 is 0. The molecule has 1 aromatic rings. The number of hydrogen-bond acceptors (Lipinski definition) is 4. The highest BCUT2D eigenvalue weighted by atomic mass is 16.3. The Balaban J connectivity index is 3.33. The molecule has 1 rings (SSSR count). The van der Waals surface area contributed by atoms with Gasteiger partial charge in [-0.25, -0.2) is 0 Å². The molecule has 4 nitrogen and oxygen atoms in total. The van der Waals surface area contributed by atoms with Crippen LogP contribution in [0.25, 0.3) is 0 Å². The summed E-state index contributed by atoms with van der Waals surface area (Å²) in [5.41, 5.74) is 7.67. The van der Waals surface area contributed by atoms with E-state index < -0.39 is 6.04 Å². The molecule has 0 saturated heterocycles. The third-order valence-electron chi connectivity index (χ3n) is 2.48. The molecule has 0 saturated carbocycles. The molecular formula is C10H15NO3. The fraction of sp³-hybridized carbons (Fsp3) is 0.400. The summed E-state index contributed by atoms with van der Waals surface area (Å²) in [7, 11) is 0. The second kappa shape index (κ2) is 3.86. The highest BCUT2D eigenvalue weighted by Gasteiger charge is 2.15. The van der Waals surface area contributed by atoms with Crippen LogP contribution in [0.15, 0.2) is 6.07 Å². The third-order valence-corrected chi connectivity index (χ3v) is 2.48. The minimum atomic E-state index is -0.528. The van der Waals surface area contributed by atoms with Gasteiger partial charge in [0.25, 0.3) is 0 Å². The van der Waals surface area contributed by atoms with E-state index in [1.807, 2.05) is 0 Å². The molecule has 1 unspecified atom stereocenters. The molecule has 1 atom stereocenters. The molecule has 0 aliphatic rings. The van der Waals surface area contributed by atoms with Crippen molar-refractivity contribution in [3.63, 3.8) is 0 Å². The van der Waals surface area contributed by atoms with E-state index in [1.165, 1.54) is 6.07 Å².